The average Bonchev–Trinajstić information content (AvgIpc) is 2.36. The number of nitrogens with one attached hydrogen (secondary N) is 1. The normalized spacial score (nSPS) is 10.5. The van der Waals surface area contributed by atoms with E-state index in [4.69, 9.17) is 5.84 Å². The number of nitrogens with zero attached hydrogens (tertiary/aromatic N) is 3. The van der Waals surface area contributed by atoms with Crippen LogP contribution in [0.1, 0.15) is 12.7 Å². The van der Waals surface area contributed by atoms with Crippen molar-refractivity contribution < 1.29 is 4.92 Å². The van der Waals surface area contributed by atoms with Gasteiger partial charge in [0.05, 0.1) is 15.8 Å². The fourth-order valence-corrected chi connectivity index (χ4v) is 1.55. The SMILES string of the molecule is CCc1nc(NN)c2cc([N+](=O)[O-])ccc2n1. The number of non-ortho nitro benzene ring substituents is 1. The van der Waals surface area contributed by atoms with Gasteiger partial charge < -0.3 is 5.43 Å². The molecule has 0 bridgehead atoms. The smallest absolute Gasteiger partial charge is 0.270 e. The topological polar surface area (TPSA) is 107 Å². The molecule has 7 heteroatoms. The second-order valence-corrected chi connectivity index (χ2v) is 3.44. The molecule has 0 radical (unpaired) electrons. The number of nitrogens with two attached hydrogens (primary N) is 1. The minimum atomic E-state index is -0.465. The van der Waals surface area contributed by atoms with Crippen LogP contribution in [0.3, 0.4) is 0 Å². The Kier molecular flexibility index (Phi) is 2.84. The van der Waals surface area contributed by atoms with Gasteiger partial charge in [0, 0.05) is 18.6 Å². The summed E-state index contributed by atoms with van der Waals surface area (Å²) in [7, 11) is 0. The van der Waals surface area contributed by atoms with Gasteiger partial charge in [-0.2, -0.15) is 0 Å². The molecule has 0 spiro atoms. The fraction of sp³-hybridized carbons (Fsp3) is 0.200. The van der Waals surface area contributed by atoms with Gasteiger partial charge in [0.15, 0.2) is 5.82 Å². The highest BCUT2D eigenvalue weighted by Crippen LogP contribution is 2.24. The van der Waals surface area contributed by atoms with E-state index >= 15 is 0 Å². The first kappa shape index (κ1) is 11.2. The number of aromatic nitrogens is 2. The Hall–Kier alpha value is -2.28. The maximum absolute atomic E-state index is 10.7. The van der Waals surface area contributed by atoms with Crippen molar-refractivity contribution in [2.45, 2.75) is 13.3 Å². The van der Waals surface area contributed by atoms with Crippen LogP contribution in [0.2, 0.25) is 0 Å². The molecular formula is C10H11N5O2. The second kappa shape index (κ2) is 4.30. The Balaban J connectivity index is 2.71. The highest BCUT2D eigenvalue weighted by Gasteiger charge is 2.11. The molecule has 0 saturated heterocycles. The first-order chi connectivity index (χ1) is 8.15. The van der Waals surface area contributed by atoms with Crippen molar-refractivity contribution in [1.29, 1.82) is 0 Å². The molecule has 0 aliphatic rings. The van der Waals surface area contributed by atoms with E-state index in [2.05, 4.69) is 15.4 Å². The molecule has 0 fully saturated rings. The van der Waals surface area contributed by atoms with Crippen molar-refractivity contribution in [1.82, 2.24) is 9.97 Å². The van der Waals surface area contributed by atoms with E-state index in [9.17, 15) is 10.1 Å². The Morgan fingerprint density at radius 3 is 2.82 bits per heavy atom. The van der Waals surface area contributed by atoms with Gasteiger partial charge in [-0.05, 0) is 6.07 Å². The van der Waals surface area contributed by atoms with E-state index in [-0.39, 0.29) is 5.69 Å². The van der Waals surface area contributed by atoms with Gasteiger partial charge in [-0.15, -0.1) is 0 Å². The first-order valence-corrected chi connectivity index (χ1v) is 5.07. The van der Waals surface area contributed by atoms with Crippen molar-refractivity contribution in [2.75, 3.05) is 5.43 Å². The number of benzene rings is 1. The van der Waals surface area contributed by atoms with Crippen LogP contribution in [0, 0.1) is 10.1 Å². The van der Waals surface area contributed by atoms with Crippen LogP contribution >= 0.6 is 0 Å². The molecule has 1 heterocycles. The zero-order valence-corrected chi connectivity index (χ0v) is 9.17. The molecule has 0 unspecified atom stereocenters. The lowest BCUT2D eigenvalue weighted by Gasteiger charge is -2.06. The Bertz CT molecular complexity index is 584. The third-order valence-corrected chi connectivity index (χ3v) is 2.39. The van der Waals surface area contributed by atoms with E-state index in [0.29, 0.717) is 29.0 Å². The molecule has 88 valence electrons. The lowest BCUT2D eigenvalue weighted by Crippen LogP contribution is -2.11. The summed E-state index contributed by atoms with van der Waals surface area (Å²) >= 11 is 0. The van der Waals surface area contributed by atoms with Gasteiger partial charge in [-0.3, -0.25) is 10.1 Å². The van der Waals surface area contributed by atoms with E-state index < -0.39 is 4.92 Å². The fourth-order valence-electron chi connectivity index (χ4n) is 1.55. The van der Waals surface area contributed by atoms with Gasteiger partial charge in [-0.25, -0.2) is 15.8 Å². The zero-order chi connectivity index (χ0) is 12.4. The Morgan fingerprint density at radius 1 is 1.47 bits per heavy atom. The minimum absolute atomic E-state index is 0.0122. The quantitative estimate of drug-likeness (QED) is 0.471. The average molecular weight is 233 g/mol. The highest BCUT2D eigenvalue weighted by atomic mass is 16.6. The maximum Gasteiger partial charge on any atom is 0.270 e. The monoisotopic (exact) mass is 233 g/mol. The van der Waals surface area contributed by atoms with Gasteiger partial charge in [0.1, 0.15) is 5.82 Å². The predicted molar refractivity (Wildman–Crippen MR) is 63.4 cm³/mol. The number of nitrogen functional groups attached to an aromatic ring is 1. The van der Waals surface area contributed by atoms with Crippen LogP contribution in [-0.4, -0.2) is 14.9 Å². The third-order valence-electron chi connectivity index (χ3n) is 2.39. The zero-order valence-electron chi connectivity index (χ0n) is 9.17. The summed E-state index contributed by atoms with van der Waals surface area (Å²) in [6.45, 7) is 1.92. The number of hydrogen-bond acceptors (Lipinski definition) is 6. The summed E-state index contributed by atoms with van der Waals surface area (Å²) in [5.41, 5.74) is 3.06. The number of aryl methyl sites for hydroxylation is 1. The molecule has 0 aliphatic carbocycles. The molecule has 2 rings (SSSR count). The van der Waals surface area contributed by atoms with Crippen LogP contribution in [0.15, 0.2) is 18.2 Å². The first-order valence-electron chi connectivity index (χ1n) is 5.07. The largest absolute Gasteiger partial charge is 0.308 e. The minimum Gasteiger partial charge on any atom is -0.308 e. The number of nitro benzene ring substituents is 1. The van der Waals surface area contributed by atoms with Gasteiger partial charge >= 0.3 is 0 Å². The summed E-state index contributed by atoms with van der Waals surface area (Å²) in [6, 6.07) is 4.41. The van der Waals surface area contributed by atoms with Crippen LogP contribution in [0.25, 0.3) is 10.9 Å². The van der Waals surface area contributed by atoms with Gasteiger partial charge in [-0.1, -0.05) is 6.92 Å². The van der Waals surface area contributed by atoms with Crippen LogP contribution in [0.5, 0.6) is 0 Å². The molecular weight excluding hydrogens is 222 g/mol. The standard InChI is InChI=1S/C10H11N5O2/c1-2-9-12-8-4-3-6(15(16)17)5-7(8)10(13-9)14-11/h3-5H,2,11H2,1H3,(H,12,13,14). The highest BCUT2D eigenvalue weighted by molar-refractivity contribution is 5.90. The number of fused-ring (bicyclic) bond motifs is 1. The molecule has 1 aromatic heterocycles. The molecule has 3 N–H and O–H groups in total. The van der Waals surface area contributed by atoms with Crippen LogP contribution < -0.4 is 11.3 Å². The second-order valence-electron chi connectivity index (χ2n) is 3.44. The van der Waals surface area contributed by atoms with E-state index in [0.717, 1.165) is 0 Å². The maximum atomic E-state index is 10.7. The number of rotatable bonds is 3. The lowest BCUT2D eigenvalue weighted by atomic mass is 10.2. The summed E-state index contributed by atoms with van der Waals surface area (Å²) < 4.78 is 0. The number of anilines is 1. The molecule has 0 amide bonds. The number of nitro groups is 1. The Morgan fingerprint density at radius 2 is 2.24 bits per heavy atom. The third kappa shape index (κ3) is 2.00. The molecule has 7 nitrogen and oxygen atoms in total. The number of hydrogen-bond donors (Lipinski definition) is 2. The molecule has 0 aliphatic heterocycles. The summed E-state index contributed by atoms with van der Waals surface area (Å²) in [6.07, 6.45) is 0.668. The lowest BCUT2D eigenvalue weighted by molar-refractivity contribution is -0.384. The predicted octanol–water partition coefficient (Wildman–Crippen LogP) is 1.39. The van der Waals surface area contributed by atoms with E-state index in [1.807, 2.05) is 6.92 Å². The van der Waals surface area contributed by atoms with Crippen molar-refractivity contribution in [3.05, 3.63) is 34.1 Å². The molecule has 0 saturated carbocycles. The molecule has 2 aromatic rings. The van der Waals surface area contributed by atoms with E-state index in [1.165, 1.54) is 12.1 Å². The van der Waals surface area contributed by atoms with Crippen LogP contribution in [-0.2, 0) is 6.42 Å². The van der Waals surface area contributed by atoms with Crippen LogP contribution in [0.4, 0.5) is 11.5 Å². The van der Waals surface area contributed by atoms with E-state index in [1.54, 1.807) is 6.07 Å². The van der Waals surface area contributed by atoms with Crippen molar-refractivity contribution in [3.8, 4) is 0 Å². The van der Waals surface area contributed by atoms with Gasteiger partial charge in [0.25, 0.3) is 5.69 Å². The summed E-state index contributed by atoms with van der Waals surface area (Å²) in [4.78, 5) is 18.7. The van der Waals surface area contributed by atoms with Crippen molar-refractivity contribution in [2.24, 2.45) is 5.84 Å². The Labute approximate surface area is 96.8 Å². The summed E-state index contributed by atoms with van der Waals surface area (Å²) in [5.74, 6) is 6.39. The molecule has 0 atom stereocenters. The molecule has 1 aromatic carbocycles. The molecule has 17 heavy (non-hydrogen) atoms. The van der Waals surface area contributed by atoms with Crippen molar-refractivity contribution >= 4 is 22.4 Å². The van der Waals surface area contributed by atoms with Crippen molar-refractivity contribution in [3.63, 3.8) is 0 Å². The summed E-state index contributed by atoms with van der Waals surface area (Å²) in [5, 5.41) is 11.2. The van der Waals surface area contributed by atoms with Gasteiger partial charge in [0.2, 0.25) is 0 Å². The number of hydrazine groups is 1.